The van der Waals surface area contributed by atoms with Crippen LogP contribution in [0.15, 0.2) is 53.4 Å². The van der Waals surface area contributed by atoms with Gasteiger partial charge in [-0.15, -0.1) is 0 Å². The lowest BCUT2D eigenvalue weighted by molar-refractivity contribution is 0.0938. The highest BCUT2D eigenvalue weighted by molar-refractivity contribution is 7.89. The first-order chi connectivity index (χ1) is 12.9. The average Bonchev–Trinajstić information content (AvgIpc) is 2.68. The second-order valence-corrected chi connectivity index (χ2v) is 7.37. The molecular formula is C18H21N3O5S. The number of hydrogen-bond acceptors (Lipinski definition) is 5. The Hall–Kier alpha value is -2.75. The molecule has 0 heterocycles. The van der Waals surface area contributed by atoms with E-state index < -0.39 is 15.9 Å². The number of ether oxygens (including phenoxy) is 1. The van der Waals surface area contributed by atoms with Crippen LogP contribution in [0.4, 0.5) is 5.69 Å². The molecule has 0 aliphatic heterocycles. The van der Waals surface area contributed by atoms with Gasteiger partial charge >= 0.3 is 0 Å². The van der Waals surface area contributed by atoms with Gasteiger partial charge in [0.25, 0.3) is 11.8 Å². The van der Waals surface area contributed by atoms with Gasteiger partial charge in [-0.1, -0.05) is 18.2 Å². The predicted molar refractivity (Wildman–Crippen MR) is 101 cm³/mol. The van der Waals surface area contributed by atoms with Gasteiger partial charge in [-0.25, -0.2) is 13.1 Å². The maximum atomic E-state index is 12.5. The molecule has 8 nitrogen and oxygen atoms in total. The molecule has 2 amide bonds. The Morgan fingerprint density at radius 1 is 1.04 bits per heavy atom. The van der Waals surface area contributed by atoms with Crippen molar-refractivity contribution in [2.24, 2.45) is 0 Å². The quantitative estimate of drug-likeness (QED) is 0.586. The van der Waals surface area contributed by atoms with Crippen LogP contribution in [-0.4, -0.2) is 47.5 Å². The topological polar surface area (TPSA) is 114 Å². The average molecular weight is 391 g/mol. The Balaban J connectivity index is 2.22. The molecule has 27 heavy (non-hydrogen) atoms. The van der Waals surface area contributed by atoms with E-state index in [1.165, 1.54) is 38.4 Å². The first-order valence-corrected chi connectivity index (χ1v) is 9.58. The van der Waals surface area contributed by atoms with Crippen LogP contribution in [-0.2, 0) is 14.8 Å². The van der Waals surface area contributed by atoms with Gasteiger partial charge in [0.05, 0.1) is 22.8 Å². The first kappa shape index (κ1) is 20.6. The third-order valence-corrected chi connectivity index (χ3v) is 5.10. The zero-order valence-electron chi connectivity index (χ0n) is 15.0. The SMILES string of the molecule is CNS(=O)(=O)c1cccc(C(=O)Nc2ccccc2C(=O)NCCOC)c1. The summed E-state index contributed by atoms with van der Waals surface area (Å²) in [5.41, 5.74) is 0.765. The molecular weight excluding hydrogens is 370 g/mol. The van der Waals surface area contributed by atoms with Crippen molar-refractivity contribution in [1.82, 2.24) is 10.0 Å². The summed E-state index contributed by atoms with van der Waals surface area (Å²) in [4.78, 5) is 24.8. The monoisotopic (exact) mass is 391 g/mol. The zero-order chi connectivity index (χ0) is 19.9. The summed E-state index contributed by atoms with van der Waals surface area (Å²) in [6, 6.07) is 12.2. The third-order valence-electron chi connectivity index (χ3n) is 3.69. The number of anilines is 1. The number of nitrogens with one attached hydrogen (secondary N) is 3. The molecule has 0 spiro atoms. The van der Waals surface area contributed by atoms with Crippen molar-refractivity contribution < 1.29 is 22.7 Å². The largest absolute Gasteiger partial charge is 0.383 e. The highest BCUT2D eigenvalue weighted by atomic mass is 32.2. The van der Waals surface area contributed by atoms with Crippen molar-refractivity contribution >= 4 is 27.5 Å². The zero-order valence-corrected chi connectivity index (χ0v) is 15.8. The predicted octanol–water partition coefficient (Wildman–Crippen LogP) is 1.22. The van der Waals surface area contributed by atoms with E-state index in [-0.39, 0.29) is 16.4 Å². The van der Waals surface area contributed by atoms with E-state index in [0.29, 0.717) is 24.4 Å². The number of sulfonamides is 1. The summed E-state index contributed by atoms with van der Waals surface area (Å²) >= 11 is 0. The van der Waals surface area contributed by atoms with Gasteiger partial charge in [-0.2, -0.15) is 0 Å². The number of carbonyl (C=O) groups excluding carboxylic acids is 2. The second-order valence-electron chi connectivity index (χ2n) is 5.48. The number of methoxy groups -OCH3 is 1. The second kappa shape index (κ2) is 9.26. The van der Waals surface area contributed by atoms with E-state index in [9.17, 15) is 18.0 Å². The van der Waals surface area contributed by atoms with E-state index in [1.807, 2.05) is 0 Å². The van der Waals surface area contributed by atoms with Crippen LogP contribution in [0.25, 0.3) is 0 Å². The summed E-state index contributed by atoms with van der Waals surface area (Å²) in [6.07, 6.45) is 0. The Labute approximate surface area is 158 Å². The summed E-state index contributed by atoms with van der Waals surface area (Å²) in [6.45, 7) is 0.703. The maximum absolute atomic E-state index is 12.5. The van der Waals surface area contributed by atoms with Crippen molar-refractivity contribution in [3.63, 3.8) is 0 Å². The third kappa shape index (κ3) is 5.36. The molecule has 2 aromatic carbocycles. The van der Waals surface area contributed by atoms with E-state index in [4.69, 9.17) is 4.74 Å². The molecule has 0 aliphatic carbocycles. The normalized spacial score (nSPS) is 11.0. The van der Waals surface area contributed by atoms with E-state index >= 15 is 0 Å². The fourth-order valence-electron chi connectivity index (χ4n) is 2.27. The Bertz CT molecular complexity index is 928. The molecule has 144 valence electrons. The van der Waals surface area contributed by atoms with Gasteiger partial charge in [0.2, 0.25) is 10.0 Å². The Kier molecular flexibility index (Phi) is 7.05. The molecule has 0 saturated heterocycles. The highest BCUT2D eigenvalue weighted by Crippen LogP contribution is 2.17. The van der Waals surface area contributed by atoms with Crippen LogP contribution in [0.1, 0.15) is 20.7 Å². The molecule has 0 bridgehead atoms. The van der Waals surface area contributed by atoms with E-state index in [2.05, 4.69) is 15.4 Å². The van der Waals surface area contributed by atoms with Gasteiger partial charge in [0.1, 0.15) is 0 Å². The lowest BCUT2D eigenvalue weighted by Gasteiger charge is -2.12. The van der Waals surface area contributed by atoms with E-state index in [0.717, 1.165) is 0 Å². The molecule has 9 heteroatoms. The standard InChI is InChI=1S/C18H21N3O5S/c1-19-27(24,25)14-7-5-6-13(12-14)17(22)21-16-9-4-3-8-15(16)18(23)20-10-11-26-2/h3-9,12,19H,10-11H2,1-2H3,(H,20,23)(H,21,22). The van der Waals surface area contributed by atoms with E-state index in [1.54, 1.807) is 24.3 Å². The van der Waals surface area contributed by atoms with Gasteiger partial charge in [-0.05, 0) is 37.4 Å². The molecule has 3 N–H and O–H groups in total. The Morgan fingerprint density at radius 2 is 1.78 bits per heavy atom. The minimum atomic E-state index is -3.67. The minimum absolute atomic E-state index is 0.0248. The summed E-state index contributed by atoms with van der Waals surface area (Å²) in [5, 5.41) is 5.34. The smallest absolute Gasteiger partial charge is 0.255 e. The van der Waals surface area contributed by atoms with Gasteiger partial charge in [-0.3, -0.25) is 9.59 Å². The summed E-state index contributed by atoms with van der Waals surface area (Å²) < 4.78 is 30.9. The van der Waals surface area contributed by atoms with Crippen LogP contribution < -0.4 is 15.4 Å². The first-order valence-electron chi connectivity index (χ1n) is 8.10. The molecule has 2 rings (SSSR count). The number of benzene rings is 2. The number of carbonyl (C=O) groups is 2. The number of para-hydroxylation sites is 1. The van der Waals surface area contributed by atoms with Crippen molar-refractivity contribution in [3.05, 3.63) is 59.7 Å². The fourth-order valence-corrected chi connectivity index (χ4v) is 3.04. The lowest BCUT2D eigenvalue weighted by atomic mass is 10.1. The van der Waals surface area contributed by atoms with Gasteiger partial charge < -0.3 is 15.4 Å². The summed E-state index contributed by atoms with van der Waals surface area (Å²) in [7, 11) is -0.845. The van der Waals surface area contributed by atoms with Crippen molar-refractivity contribution in [3.8, 4) is 0 Å². The number of rotatable bonds is 8. The van der Waals surface area contributed by atoms with Crippen molar-refractivity contribution in [1.29, 1.82) is 0 Å². The van der Waals surface area contributed by atoms with Crippen LogP contribution in [0, 0.1) is 0 Å². The molecule has 0 fully saturated rings. The fraction of sp³-hybridized carbons (Fsp3) is 0.222. The van der Waals surface area contributed by atoms with Crippen molar-refractivity contribution in [2.75, 3.05) is 32.6 Å². The molecule has 0 aromatic heterocycles. The maximum Gasteiger partial charge on any atom is 0.255 e. The number of hydrogen-bond donors (Lipinski definition) is 3. The molecule has 2 aromatic rings. The summed E-state index contributed by atoms with van der Waals surface area (Å²) in [5.74, 6) is -0.880. The lowest BCUT2D eigenvalue weighted by Crippen LogP contribution is -2.28. The highest BCUT2D eigenvalue weighted by Gasteiger charge is 2.16. The van der Waals surface area contributed by atoms with Gasteiger partial charge in [0, 0.05) is 19.2 Å². The van der Waals surface area contributed by atoms with Crippen LogP contribution in [0.3, 0.4) is 0 Å². The molecule has 0 unspecified atom stereocenters. The van der Waals surface area contributed by atoms with Gasteiger partial charge in [0.15, 0.2) is 0 Å². The molecule has 0 aliphatic rings. The minimum Gasteiger partial charge on any atom is -0.383 e. The molecule has 0 atom stereocenters. The van der Waals surface area contributed by atoms with Crippen LogP contribution in [0.2, 0.25) is 0 Å². The molecule has 0 radical (unpaired) electrons. The molecule has 0 saturated carbocycles. The van der Waals surface area contributed by atoms with Crippen molar-refractivity contribution in [2.45, 2.75) is 4.90 Å². The van der Waals surface area contributed by atoms with Crippen LogP contribution in [0.5, 0.6) is 0 Å². The Morgan fingerprint density at radius 3 is 2.48 bits per heavy atom. The number of amides is 2. The van der Waals surface area contributed by atoms with Crippen LogP contribution >= 0.6 is 0 Å².